The number of nitrogens with zero attached hydrogens (tertiary/aromatic N) is 1. The van der Waals surface area contributed by atoms with Gasteiger partial charge in [0.25, 0.3) is 6.43 Å². The van der Waals surface area contributed by atoms with Crippen LogP contribution in [0.1, 0.15) is 11.9 Å². The number of hydrogen-bond acceptors (Lipinski definition) is 1. The Kier molecular flexibility index (Phi) is 2.92. The Morgan fingerprint density at radius 3 is 2.50 bits per heavy atom. The molecule has 0 aliphatic rings. The van der Waals surface area contributed by atoms with Crippen molar-refractivity contribution in [3.63, 3.8) is 0 Å². The van der Waals surface area contributed by atoms with Gasteiger partial charge in [0.2, 0.25) is 6.17 Å². The fourth-order valence-corrected chi connectivity index (χ4v) is 0.946. The maximum absolute atomic E-state index is 12.6. The second-order valence-electron chi connectivity index (χ2n) is 2.11. The highest BCUT2D eigenvalue weighted by Gasteiger charge is 2.24. The average Bonchev–Trinajstić information content (AvgIpc) is 2.04. The Morgan fingerprint density at radius 2 is 2.00 bits per heavy atom. The van der Waals surface area contributed by atoms with Crippen LogP contribution in [0.25, 0.3) is 0 Å². The van der Waals surface area contributed by atoms with E-state index in [1.807, 2.05) is 0 Å². The first kappa shape index (κ1) is 9.32. The molecule has 0 N–H and O–H groups in total. The van der Waals surface area contributed by atoms with Crippen LogP contribution in [0.2, 0.25) is 5.02 Å². The van der Waals surface area contributed by atoms with Crippen molar-refractivity contribution in [2.24, 2.45) is 0 Å². The van der Waals surface area contributed by atoms with Crippen LogP contribution in [-0.2, 0) is 0 Å². The van der Waals surface area contributed by atoms with Crippen LogP contribution < -0.4 is 0 Å². The normalized spacial score (nSPS) is 13.4. The van der Waals surface area contributed by atoms with E-state index in [0.29, 0.717) is 0 Å². The Hall–Kier alpha value is -0.770. The fraction of sp³-hybridized carbons (Fsp3) is 0.286. The third-order valence-corrected chi connectivity index (χ3v) is 1.59. The minimum atomic E-state index is -3.09. The number of alkyl halides is 3. The molecule has 1 aromatic heterocycles. The number of aromatic nitrogens is 1. The zero-order valence-electron chi connectivity index (χ0n) is 5.85. The van der Waals surface area contributed by atoms with Crippen molar-refractivity contribution in [2.75, 3.05) is 0 Å². The van der Waals surface area contributed by atoms with Crippen LogP contribution >= 0.6 is 11.6 Å². The van der Waals surface area contributed by atoms with E-state index < -0.39 is 18.3 Å². The highest BCUT2D eigenvalue weighted by atomic mass is 35.5. The maximum atomic E-state index is 12.6. The molecule has 1 rings (SSSR count). The lowest BCUT2D eigenvalue weighted by Gasteiger charge is -2.06. The van der Waals surface area contributed by atoms with Crippen LogP contribution in [0, 0.1) is 0 Å². The third-order valence-electron chi connectivity index (χ3n) is 1.27. The van der Waals surface area contributed by atoms with E-state index in [1.54, 1.807) is 0 Å². The molecule has 0 unspecified atom stereocenters. The van der Waals surface area contributed by atoms with Gasteiger partial charge in [-0.15, -0.1) is 0 Å². The third kappa shape index (κ3) is 1.88. The number of halogens is 4. The van der Waals surface area contributed by atoms with Crippen LogP contribution in [0.3, 0.4) is 0 Å². The molecule has 0 bridgehead atoms. The molecule has 0 saturated heterocycles. The molecule has 1 heterocycles. The van der Waals surface area contributed by atoms with Gasteiger partial charge in [0.1, 0.15) is 0 Å². The average molecular weight is 196 g/mol. The summed E-state index contributed by atoms with van der Waals surface area (Å²) in [5, 5.41) is -0.0784. The predicted octanol–water partition coefficient (Wildman–Crippen LogP) is 3.01. The quantitative estimate of drug-likeness (QED) is 0.707. The second kappa shape index (κ2) is 3.76. The van der Waals surface area contributed by atoms with Gasteiger partial charge in [0.05, 0.1) is 10.7 Å². The minimum Gasteiger partial charge on any atom is -0.256 e. The van der Waals surface area contributed by atoms with Gasteiger partial charge in [0.15, 0.2) is 0 Å². The molecule has 5 heteroatoms. The molecule has 0 aromatic carbocycles. The van der Waals surface area contributed by atoms with E-state index >= 15 is 0 Å². The van der Waals surface area contributed by atoms with Crippen molar-refractivity contribution < 1.29 is 13.2 Å². The molecular weight excluding hydrogens is 191 g/mol. The number of hydrogen-bond donors (Lipinski definition) is 0. The first-order valence-corrected chi connectivity index (χ1v) is 3.53. The summed E-state index contributed by atoms with van der Waals surface area (Å²) in [5.74, 6) is 0. The number of rotatable bonds is 2. The maximum Gasteiger partial charge on any atom is 0.275 e. The highest BCUT2D eigenvalue weighted by molar-refractivity contribution is 6.31. The van der Waals surface area contributed by atoms with Crippen LogP contribution in [0.5, 0.6) is 0 Å². The first-order valence-electron chi connectivity index (χ1n) is 3.15. The molecule has 0 aliphatic carbocycles. The Bertz CT molecular complexity index is 267. The summed E-state index contributed by atoms with van der Waals surface area (Å²) in [4.78, 5) is 3.41. The van der Waals surface area contributed by atoms with Crippen molar-refractivity contribution in [3.8, 4) is 0 Å². The summed E-state index contributed by atoms with van der Waals surface area (Å²) in [5.41, 5.74) is -0.408. The van der Waals surface area contributed by atoms with E-state index in [9.17, 15) is 13.2 Å². The van der Waals surface area contributed by atoms with Crippen molar-refractivity contribution in [2.45, 2.75) is 12.6 Å². The van der Waals surface area contributed by atoms with Crippen molar-refractivity contribution in [3.05, 3.63) is 29.0 Å². The van der Waals surface area contributed by atoms with Crippen molar-refractivity contribution in [1.82, 2.24) is 4.98 Å². The molecule has 1 aromatic rings. The van der Waals surface area contributed by atoms with Gasteiger partial charge < -0.3 is 0 Å². The standard InChI is InChI=1S/C7H5ClF3N/c8-4-2-1-3-12-6(4)5(9)7(10)11/h1-3,5,7H/t5-/m1/s1. The molecule has 0 saturated carbocycles. The van der Waals surface area contributed by atoms with Crippen molar-refractivity contribution >= 4 is 11.6 Å². The molecule has 0 aliphatic heterocycles. The smallest absolute Gasteiger partial charge is 0.256 e. The lowest BCUT2D eigenvalue weighted by atomic mass is 10.2. The molecule has 1 atom stereocenters. The molecule has 12 heavy (non-hydrogen) atoms. The van der Waals surface area contributed by atoms with Gasteiger partial charge in [-0.3, -0.25) is 4.98 Å². The lowest BCUT2D eigenvalue weighted by Crippen LogP contribution is -2.05. The Morgan fingerprint density at radius 1 is 1.33 bits per heavy atom. The minimum absolute atomic E-state index is 0.0784. The van der Waals surface area contributed by atoms with Gasteiger partial charge in [-0.25, -0.2) is 13.2 Å². The van der Waals surface area contributed by atoms with Crippen LogP contribution in [0.15, 0.2) is 18.3 Å². The molecule has 0 amide bonds. The van der Waals surface area contributed by atoms with E-state index in [-0.39, 0.29) is 5.02 Å². The van der Waals surface area contributed by atoms with Crippen molar-refractivity contribution in [1.29, 1.82) is 0 Å². The summed E-state index contributed by atoms with van der Waals surface area (Å²) in [7, 11) is 0. The largest absolute Gasteiger partial charge is 0.275 e. The molecule has 66 valence electrons. The van der Waals surface area contributed by atoms with Gasteiger partial charge in [-0.1, -0.05) is 11.6 Å². The summed E-state index contributed by atoms with van der Waals surface area (Å²) >= 11 is 5.43. The first-order chi connectivity index (χ1) is 5.63. The molecular formula is C7H5ClF3N. The van der Waals surface area contributed by atoms with Gasteiger partial charge in [0, 0.05) is 6.20 Å². The monoisotopic (exact) mass is 195 g/mol. The van der Waals surface area contributed by atoms with Crippen LogP contribution in [0.4, 0.5) is 13.2 Å². The predicted molar refractivity (Wildman–Crippen MR) is 39.1 cm³/mol. The highest BCUT2D eigenvalue weighted by Crippen LogP contribution is 2.27. The molecule has 0 fully saturated rings. The Labute approximate surface area is 72.2 Å². The van der Waals surface area contributed by atoms with E-state index in [1.165, 1.54) is 18.3 Å². The SMILES string of the molecule is FC(F)[C@H](F)c1ncccc1Cl. The lowest BCUT2D eigenvalue weighted by molar-refractivity contribution is 0.0473. The fourth-order valence-electron chi connectivity index (χ4n) is 0.720. The summed E-state index contributed by atoms with van der Waals surface area (Å²) < 4.78 is 36.3. The number of pyridine rings is 1. The van der Waals surface area contributed by atoms with Crippen LogP contribution in [-0.4, -0.2) is 11.4 Å². The van der Waals surface area contributed by atoms with Gasteiger partial charge in [-0.05, 0) is 12.1 Å². The Balaban J connectivity index is 2.94. The topological polar surface area (TPSA) is 12.9 Å². The van der Waals surface area contributed by atoms with E-state index in [2.05, 4.69) is 4.98 Å². The molecule has 0 radical (unpaired) electrons. The zero-order chi connectivity index (χ0) is 9.14. The zero-order valence-corrected chi connectivity index (χ0v) is 6.60. The second-order valence-corrected chi connectivity index (χ2v) is 2.51. The molecule has 1 nitrogen and oxygen atoms in total. The van der Waals surface area contributed by atoms with E-state index in [4.69, 9.17) is 11.6 Å². The summed E-state index contributed by atoms with van der Waals surface area (Å²) in [6.07, 6.45) is -4.27. The summed E-state index contributed by atoms with van der Waals surface area (Å²) in [6.45, 7) is 0. The van der Waals surface area contributed by atoms with Gasteiger partial charge >= 0.3 is 0 Å². The molecule has 0 spiro atoms. The van der Waals surface area contributed by atoms with Gasteiger partial charge in [-0.2, -0.15) is 0 Å². The summed E-state index contributed by atoms with van der Waals surface area (Å²) in [6, 6.07) is 2.77. The van der Waals surface area contributed by atoms with E-state index in [0.717, 1.165) is 0 Å².